The Morgan fingerprint density at radius 1 is 1.00 bits per heavy atom. The summed E-state index contributed by atoms with van der Waals surface area (Å²) < 4.78 is 10.5. The number of hydrogen-bond acceptors (Lipinski definition) is 4. The highest BCUT2D eigenvalue weighted by molar-refractivity contribution is 6.03. The minimum Gasteiger partial charge on any atom is -0.493 e. The second kappa shape index (κ2) is 9.78. The van der Waals surface area contributed by atoms with Gasteiger partial charge >= 0.3 is 0 Å². The third kappa shape index (κ3) is 5.60. The Bertz CT molecular complexity index is 902. The molecule has 6 nitrogen and oxygen atoms in total. The zero-order valence-corrected chi connectivity index (χ0v) is 16.7. The molecule has 0 unspecified atom stereocenters. The van der Waals surface area contributed by atoms with Gasteiger partial charge in [-0.25, -0.2) is 0 Å². The Balaban J connectivity index is 1.61. The molecule has 0 saturated heterocycles. The lowest BCUT2D eigenvalue weighted by atomic mass is 10.1. The first-order valence-electron chi connectivity index (χ1n) is 9.71. The van der Waals surface area contributed by atoms with Gasteiger partial charge in [0.05, 0.1) is 14.2 Å². The van der Waals surface area contributed by atoms with Crippen LogP contribution in [-0.4, -0.2) is 32.1 Å². The zero-order chi connectivity index (χ0) is 20.6. The molecule has 0 aliphatic heterocycles. The zero-order valence-electron chi connectivity index (χ0n) is 16.7. The number of methoxy groups -OCH3 is 2. The van der Waals surface area contributed by atoms with Crippen molar-refractivity contribution in [3.8, 4) is 11.5 Å². The van der Waals surface area contributed by atoms with E-state index in [2.05, 4.69) is 10.6 Å². The molecule has 0 radical (unpaired) electrons. The van der Waals surface area contributed by atoms with Crippen LogP contribution in [0, 0.1) is 0 Å². The Kier molecular flexibility index (Phi) is 6.89. The maximum absolute atomic E-state index is 12.4. The highest BCUT2D eigenvalue weighted by Crippen LogP contribution is 2.28. The maximum Gasteiger partial charge on any atom is 0.251 e. The summed E-state index contributed by atoms with van der Waals surface area (Å²) in [7, 11) is 3.14. The molecule has 0 bridgehead atoms. The Morgan fingerprint density at radius 2 is 1.76 bits per heavy atom. The van der Waals surface area contributed by atoms with Crippen molar-refractivity contribution in [2.75, 3.05) is 19.5 Å². The molecule has 6 heteroatoms. The normalized spacial score (nSPS) is 14.0. The molecule has 152 valence electrons. The van der Waals surface area contributed by atoms with Crippen LogP contribution in [0.5, 0.6) is 11.5 Å². The smallest absolute Gasteiger partial charge is 0.251 e. The van der Waals surface area contributed by atoms with Gasteiger partial charge in [-0.1, -0.05) is 25.0 Å². The van der Waals surface area contributed by atoms with E-state index in [9.17, 15) is 9.59 Å². The number of hydrogen-bond donors (Lipinski definition) is 2. The number of benzene rings is 2. The van der Waals surface area contributed by atoms with Gasteiger partial charge in [0.25, 0.3) is 5.91 Å². The van der Waals surface area contributed by atoms with Gasteiger partial charge in [-0.3, -0.25) is 9.59 Å². The lowest BCUT2D eigenvalue weighted by Gasteiger charge is -2.12. The number of carbonyl (C=O) groups is 2. The Labute approximate surface area is 170 Å². The molecule has 0 heterocycles. The van der Waals surface area contributed by atoms with E-state index in [1.54, 1.807) is 56.7 Å². The molecule has 1 aliphatic rings. The monoisotopic (exact) mass is 394 g/mol. The van der Waals surface area contributed by atoms with E-state index in [0.29, 0.717) is 22.7 Å². The van der Waals surface area contributed by atoms with E-state index in [-0.39, 0.29) is 17.9 Å². The van der Waals surface area contributed by atoms with Crippen molar-refractivity contribution in [1.29, 1.82) is 0 Å². The number of carbonyl (C=O) groups excluding carboxylic acids is 2. The van der Waals surface area contributed by atoms with Gasteiger partial charge in [0.2, 0.25) is 5.91 Å². The third-order valence-electron chi connectivity index (χ3n) is 4.92. The van der Waals surface area contributed by atoms with Crippen molar-refractivity contribution >= 4 is 23.6 Å². The van der Waals surface area contributed by atoms with Gasteiger partial charge in [-0.2, -0.15) is 0 Å². The highest BCUT2D eigenvalue weighted by Gasteiger charge is 2.18. The summed E-state index contributed by atoms with van der Waals surface area (Å²) in [6, 6.07) is 12.6. The second-order valence-corrected chi connectivity index (χ2v) is 6.97. The molecule has 3 rings (SSSR count). The minimum atomic E-state index is -0.284. The molecule has 0 spiro atoms. The van der Waals surface area contributed by atoms with Crippen LogP contribution < -0.4 is 20.1 Å². The van der Waals surface area contributed by atoms with Crippen LogP contribution in [0.2, 0.25) is 0 Å². The van der Waals surface area contributed by atoms with Crippen molar-refractivity contribution in [3.05, 3.63) is 59.7 Å². The summed E-state index contributed by atoms with van der Waals surface area (Å²) in [5.41, 5.74) is 1.92. The number of ether oxygens (including phenoxy) is 2. The van der Waals surface area contributed by atoms with Gasteiger partial charge in [0.15, 0.2) is 11.5 Å². The van der Waals surface area contributed by atoms with Gasteiger partial charge in [-0.05, 0) is 54.8 Å². The summed E-state index contributed by atoms with van der Waals surface area (Å²) in [6.45, 7) is 0. The van der Waals surface area contributed by atoms with Crippen molar-refractivity contribution < 1.29 is 19.1 Å². The maximum atomic E-state index is 12.4. The first-order chi connectivity index (χ1) is 14.1. The quantitative estimate of drug-likeness (QED) is 0.695. The van der Waals surface area contributed by atoms with Crippen LogP contribution in [0.4, 0.5) is 5.69 Å². The van der Waals surface area contributed by atoms with E-state index < -0.39 is 0 Å². The molecule has 1 fully saturated rings. The number of anilines is 1. The molecule has 1 saturated carbocycles. The molecule has 2 aromatic rings. The Morgan fingerprint density at radius 3 is 2.48 bits per heavy atom. The van der Waals surface area contributed by atoms with Crippen LogP contribution in [-0.2, 0) is 4.79 Å². The summed E-state index contributed by atoms with van der Waals surface area (Å²) in [5.74, 6) is 0.833. The molecule has 2 N–H and O–H groups in total. The predicted molar refractivity (Wildman–Crippen MR) is 113 cm³/mol. The lowest BCUT2D eigenvalue weighted by molar-refractivity contribution is -0.111. The molecule has 0 aromatic heterocycles. The second-order valence-electron chi connectivity index (χ2n) is 6.97. The van der Waals surface area contributed by atoms with Crippen molar-refractivity contribution in [1.82, 2.24) is 5.32 Å². The van der Waals surface area contributed by atoms with Gasteiger partial charge < -0.3 is 20.1 Å². The predicted octanol–water partition coefficient (Wildman–Crippen LogP) is 4.03. The van der Waals surface area contributed by atoms with Gasteiger partial charge in [0.1, 0.15) is 0 Å². The van der Waals surface area contributed by atoms with Crippen LogP contribution in [0.25, 0.3) is 6.08 Å². The summed E-state index contributed by atoms with van der Waals surface area (Å²) in [5, 5.41) is 5.85. The highest BCUT2D eigenvalue weighted by atomic mass is 16.5. The third-order valence-corrected chi connectivity index (χ3v) is 4.92. The average molecular weight is 394 g/mol. The molecule has 2 aromatic carbocycles. The fourth-order valence-corrected chi connectivity index (χ4v) is 3.39. The summed E-state index contributed by atoms with van der Waals surface area (Å²) >= 11 is 0. The van der Waals surface area contributed by atoms with Crippen molar-refractivity contribution in [3.63, 3.8) is 0 Å². The fraction of sp³-hybridized carbons (Fsp3) is 0.304. The Hall–Kier alpha value is -3.28. The SMILES string of the molecule is COc1ccc(/C=C/C(=O)Nc2cccc(C(=O)NC3CCCC3)c2)cc1OC. The van der Waals surface area contributed by atoms with Crippen LogP contribution in [0.1, 0.15) is 41.6 Å². The first kappa shape index (κ1) is 20.5. The minimum absolute atomic E-state index is 0.103. The molecule has 0 atom stereocenters. The molecule has 2 amide bonds. The average Bonchev–Trinajstić information content (AvgIpc) is 3.25. The van der Waals surface area contributed by atoms with Gasteiger partial charge in [0, 0.05) is 23.4 Å². The van der Waals surface area contributed by atoms with Crippen LogP contribution >= 0.6 is 0 Å². The summed E-state index contributed by atoms with van der Waals surface area (Å²) in [4.78, 5) is 24.7. The first-order valence-corrected chi connectivity index (χ1v) is 9.71. The lowest BCUT2D eigenvalue weighted by Crippen LogP contribution is -2.32. The van der Waals surface area contributed by atoms with Crippen LogP contribution in [0.15, 0.2) is 48.5 Å². The number of amides is 2. The van der Waals surface area contributed by atoms with Crippen LogP contribution in [0.3, 0.4) is 0 Å². The van der Waals surface area contributed by atoms with E-state index in [0.717, 1.165) is 31.2 Å². The topological polar surface area (TPSA) is 76.7 Å². The molecule has 1 aliphatic carbocycles. The standard InChI is InChI=1S/C23H26N2O4/c1-28-20-12-10-16(14-21(20)29-2)11-13-22(26)24-19-9-5-6-17(15-19)23(27)25-18-7-3-4-8-18/h5-6,9-15,18H,3-4,7-8H2,1-2H3,(H,24,26)(H,25,27)/b13-11+. The van der Waals surface area contributed by atoms with Gasteiger partial charge in [-0.15, -0.1) is 0 Å². The molecule has 29 heavy (non-hydrogen) atoms. The number of nitrogens with one attached hydrogen (secondary N) is 2. The molecular weight excluding hydrogens is 368 g/mol. The van der Waals surface area contributed by atoms with E-state index in [1.165, 1.54) is 6.08 Å². The van der Waals surface area contributed by atoms with E-state index >= 15 is 0 Å². The fourth-order valence-electron chi connectivity index (χ4n) is 3.39. The molecular formula is C23H26N2O4. The van der Waals surface area contributed by atoms with E-state index in [4.69, 9.17) is 9.47 Å². The van der Waals surface area contributed by atoms with Crippen molar-refractivity contribution in [2.45, 2.75) is 31.7 Å². The van der Waals surface area contributed by atoms with E-state index in [1.807, 2.05) is 6.07 Å². The van der Waals surface area contributed by atoms with Crippen molar-refractivity contribution in [2.24, 2.45) is 0 Å². The number of rotatable bonds is 7. The largest absolute Gasteiger partial charge is 0.493 e. The summed E-state index contributed by atoms with van der Waals surface area (Å²) in [6.07, 6.45) is 7.51.